The number of hydrogen-bond donors (Lipinski definition) is 0. The van der Waals surface area contributed by atoms with Gasteiger partial charge < -0.3 is 13.9 Å². The number of allylic oxidation sites excluding steroid dienone is 1. The monoisotopic (exact) mass is 582 g/mol. The van der Waals surface area contributed by atoms with Crippen LogP contribution in [0.4, 0.5) is 0 Å². The summed E-state index contributed by atoms with van der Waals surface area (Å²) < 4.78 is 18.8. The lowest BCUT2D eigenvalue weighted by Crippen LogP contribution is -2.40. The summed E-state index contributed by atoms with van der Waals surface area (Å²) in [4.78, 5) is 32.1. The Kier molecular flexibility index (Phi) is 7.53. The Morgan fingerprint density at radius 3 is 2.56 bits per heavy atom. The Morgan fingerprint density at radius 1 is 1.13 bits per heavy atom. The SMILES string of the molecule is COc1ccc([C@@H]2C(C(=O)OC(C)C)=C(C)N=c3s/c(=C/c4ccc(-c5cc(Cl)ccc5Cl)o4)c(=O)n32)cc1. The van der Waals surface area contributed by atoms with E-state index >= 15 is 0 Å². The molecule has 0 amide bonds. The zero-order valence-corrected chi connectivity index (χ0v) is 23.9. The molecule has 2 aromatic carbocycles. The molecule has 1 aliphatic rings. The number of thiazole rings is 1. The maximum atomic E-state index is 13.8. The maximum Gasteiger partial charge on any atom is 0.338 e. The lowest BCUT2D eigenvalue weighted by molar-refractivity contribution is -0.143. The van der Waals surface area contributed by atoms with Gasteiger partial charge in [-0.3, -0.25) is 9.36 Å². The largest absolute Gasteiger partial charge is 0.497 e. The molecule has 2 aromatic heterocycles. The van der Waals surface area contributed by atoms with E-state index < -0.39 is 12.0 Å². The number of methoxy groups -OCH3 is 1. The van der Waals surface area contributed by atoms with Crippen LogP contribution in [-0.2, 0) is 9.53 Å². The highest BCUT2D eigenvalue weighted by atomic mass is 35.5. The summed E-state index contributed by atoms with van der Waals surface area (Å²) in [5, 5.41) is 1.02. The van der Waals surface area contributed by atoms with Gasteiger partial charge in [0.25, 0.3) is 5.56 Å². The molecule has 1 aliphatic heterocycles. The van der Waals surface area contributed by atoms with Gasteiger partial charge in [-0.15, -0.1) is 0 Å². The molecule has 39 heavy (non-hydrogen) atoms. The van der Waals surface area contributed by atoms with Gasteiger partial charge in [-0.25, -0.2) is 9.79 Å². The van der Waals surface area contributed by atoms with Crippen molar-refractivity contribution < 1.29 is 18.7 Å². The van der Waals surface area contributed by atoms with Gasteiger partial charge in [-0.05, 0) is 68.8 Å². The number of carbonyl (C=O) groups is 1. The van der Waals surface area contributed by atoms with Gasteiger partial charge >= 0.3 is 5.97 Å². The lowest BCUT2D eigenvalue weighted by Gasteiger charge is -2.25. The van der Waals surface area contributed by atoms with Crippen LogP contribution in [0.3, 0.4) is 0 Å². The van der Waals surface area contributed by atoms with E-state index in [1.54, 1.807) is 76.4 Å². The van der Waals surface area contributed by atoms with Gasteiger partial charge in [-0.1, -0.05) is 46.7 Å². The minimum Gasteiger partial charge on any atom is -0.497 e. The standard InChI is InChI=1S/C29H24Cl2N2O5S/c1-15(2)37-28(35)25-16(3)32-29-33(26(25)17-5-8-19(36-4)9-6-17)27(34)24(39-29)14-20-10-12-23(38-20)21-13-18(30)7-11-22(21)31/h5-15,26H,1-4H3/b24-14+/t26-/m1/s1. The van der Waals surface area contributed by atoms with Crippen LogP contribution in [0.2, 0.25) is 10.0 Å². The maximum absolute atomic E-state index is 13.8. The molecule has 1 atom stereocenters. The molecule has 0 saturated heterocycles. The summed E-state index contributed by atoms with van der Waals surface area (Å²) in [6, 6.07) is 15.1. The van der Waals surface area contributed by atoms with Crippen molar-refractivity contribution in [2.45, 2.75) is 32.9 Å². The minimum absolute atomic E-state index is 0.305. The average molecular weight is 583 g/mol. The summed E-state index contributed by atoms with van der Waals surface area (Å²) >= 11 is 13.7. The quantitative estimate of drug-likeness (QED) is 0.270. The van der Waals surface area contributed by atoms with E-state index in [1.165, 1.54) is 15.9 Å². The number of halogens is 2. The van der Waals surface area contributed by atoms with Crippen molar-refractivity contribution >= 4 is 46.6 Å². The summed E-state index contributed by atoms with van der Waals surface area (Å²) in [6.45, 7) is 5.30. The third-order valence-electron chi connectivity index (χ3n) is 6.11. The molecule has 3 heterocycles. The summed E-state index contributed by atoms with van der Waals surface area (Å²) in [6.07, 6.45) is 1.32. The lowest BCUT2D eigenvalue weighted by atomic mass is 9.96. The van der Waals surface area contributed by atoms with Crippen LogP contribution in [-0.4, -0.2) is 23.8 Å². The first-order chi connectivity index (χ1) is 18.7. The van der Waals surface area contributed by atoms with Crippen LogP contribution in [0.15, 0.2) is 80.1 Å². The normalized spacial score (nSPS) is 15.4. The smallest absolute Gasteiger partial charge is 0.338 e. The second-order valence-electron chi connectivity index (χ2n) is 9.14. The zero-order chi connectivity index (χ0) is 27.8. The third-order valence-corrected chi connectivity index (χ3v) is 7.66. The van der Waals surface area contributed by atoms with Gasteiger partial charge in [0.05, 0.1) is 40.1 Å². The van der Waals surface area contributed by atoms with Gasteiger partial charge in [0.1, 0.15) is 17.3 Å². The second-order valence-corrected chi connectivity index (χ2v) is 11.0. The molecule has 200 valence electrons. The number of ether oxygens (including phenoxy) is 2. The van der Waals surface area contributed by atoms with Gasteiger partial charge in [0.15, 0.2) is 4.80 Å². The van der Waals surface area contributed by atoms with E-state index in [9.17, 15) is 9.59 Å². The van der Waals surface area contributed by atoms with E-state index in [4.69, 9.17) is 37.1 Å². The van der Waals surface area contributed by atoms with E-state index in [0.717, 1.165) is 5.56 Å². The third kappa shape index (κ3) is 5.32. The van der Waals surface area contributed by atoms with Crippen molar-refractivity contribution in [3.63, 3.8) is 0 Å². The van der Waals surface area contributed by atoms with Crippen molar-refractivity contribution in [2.24, 2.45) is 4.99 Å². The first kappa shape index (κ1) is 27.0. The molecule has 0 bridgehead atoms. The minimum atomic E-state index is -0.724. The Balaban J connectivity index is 1.63. The predicted molar refractivity (Wildman–Crippen MR) is 152 cm³/mol. The van der Waals surface area contributed by atoms with Crippen LogP contribution >= 0.6 is 34.5 Å². The highest BCUT2D eigenvalue weighted by Gasteiger charge is 2.33. The average Bonchev–Trinajstić information content (AvgIpc) is 3.48. The molecule has 10 heteroatoms. The number of nitrogens with zero attached hydrogens (tertiary/aromatic N) is 2. The van der Waals surface area contributed by atoms with Crippen molar-refractivity contribution in [3.05, 3.63) is 107 Å². The summed E-state index contributed by atoms with van der Waals surface area (Å²) in [7, 11) is 1.58. The summed E-state index contributed by atoms with van der Waals surface area (Å²) in [5.74, 6) is 1.12. The van der Waals surface area contributed by atoms with E-state index in [2.05, 4.69) is 4.99 Å². The van der Waals surface area contributed by atoms with Crippen LogP contribution in [0.25, 0.3) is 17.4 Å². The van der Waals surface area contributed by atoms with Crippen LogP contribution in [0.5, 0.6) is 5.75 Å². The fraction of sp³-hybridized carbons (Fsp3) is 0.207. The number of fused-ring (bicyclic) bond motifs is 1. The molecule has 7 nitrogen and oxygen atoms in total. The number of furan rings is 1. The Morgan fingerprint density at radius 2 is 1.87 bits per heavy atom. The van der Waals surface area contributed by atoms with E-state index in [-0.39, 0.29) is 11.7 Å². The molecular formula is C29H24Cl2N2O5S. The van der Waals surface area contributed by atoms with Crippen molar-refractivity contribution in [1.29, 1.82) is 0 Å². The fourth-order valence-electron chi connectivity index (χ4n) is 4.35. The Labute approximate surface area is 238 Å². The highest BCUT2D eigenvalue weighted by molar-refractivity contribution is 7.07. The van der Waals surface area contributed by atoms with Crippen LogP contribution in [0.1, 0.15) is 38.1 Å². The zero-order valence-electron chi connectivity index (χ0n) is 21.5. The molecular weight excluding hydrogens is 559 g/mol. The van der Waals surface area contributed by atoms with Gasteiger partial charge in [0, 0.05) is 16.7 Å². The molecule has 0 spiro atoms. The second kappa shape index (κ2) is 10.9. The number of aromatic nitrogens is 1. The molecule has 0 saturated carbocycles. The van der Waals surface area contributed by atoms with Gasteiger partial charge in [0.2, 0.25) is 0 Å². The summed E-state index contributed by atoms with van der Waals surface area (Å²) in [5.41, 5.74) is 1.87. The number of hydrogen-bond acceptors (Lipinski definition) is 7. The molecule has 0 N–H and O–H groups in total. The van der Waals surface area contributed by atoms with Gasteiger partial charge in [-0.2, -0.15) is 0 Å². The van der Waals surface area contributed by atoms with E-state index in [0.29, 0.717) is 53.5 Å². The van der Waals surface area contributed by atoms with E-state index in [1.807, 2.05) is 12.1 Å². The number of rotatable bonds is 6. The predicted octanol–water partition coefficient (Wildman–Crippen LogP) is 5.76. The van der Waals surface area contributed by atoms with Crippen molar-refractivity contribution in [2.75, 3.05) is 7.11 Å². The molecule has 4 aromatic rings. The Bertz CT molecular complexity index is 1780. The number of benzene rings is 2. The molecule has 0 unspecified atom stereocenters. The molecule has 0 aliphatic carbocycles. The van der Waals surface area contributed by atoms with Crippen molar-refractivity contribution in [3.8, 4) is 17.1 Å². The Hall–Kier alpha value is -3.59. The van der Waals surface area contributed by atoms with Crippen LogP contribution in [0, 0.1) is 0 Å². The fourth-order valence-corrected chi connectivity index (χ4v) is 5.76. The van der Waals surface area contributed by atoms with Crippen molar-refractivity contribution in [1.82, 2.24) is 4.57 Å². The number of esters is 1. The van der Waals surface area contributed by atoms with Crippen LogP contribution < -0.4 is 19.6 Å². The molecule has 0 radical (unpaired) electrons. The first-order valence-electron chi connectivity index (χ1n) is 12.1. The molecule has 0 fully saturated rings. The molecule has 5 rings (SSSR count). The number of carbonyl (C=O) groups excluding carboxylic acids is 1. The highest BCUT2D eigenvalue weighted by Crippen LogP contribution is 2.33. The topological polar surface area (TPSA) is 83.0 Å². The first-order valence-corrected chi connectivity index (χ1v) is 13.7.